The van der Waals surface area contributed by atoms with Crippen LogP contribution in [0.2, 0.25) is 5.02 Å². The zero-order valence-electron chi connectivity index (χ0n) is 22.2. The smallest absolute Gasteiger partial charge is 0.326 e. The highest BCUT2D eigenvalue weighted by Crippen LogP contribution is 2.34. The zero-order chi connectivity index (χ0) is 27.8. The Balaban J connectivity index is 1.44. The molecule has 0 aliphatic carbocycles. The number of rotatable bonds is 12. The molecule has 6 nitrogen and oxygen atoms in total. The molecule has 1 heterocycles. The summed E-state index contributed by atoms with van der Waals surface area (Å²) in [5.41, 5.74) is 5.18. The molecule has 2 N–H and O–H groups in total. The average molecular weight is 568 g/mol. The second kappa shape index (κ2) is 14.0. The van der Waals surface area contributed by atoms with Crippen LogP contribution in [-0.4, -0.2) is 47.7 Å². The summed E-state index contributed by atoms with van der Waals surface area (Å²) >= 11 is 7.55. The molecule has 8 heteroatoms. The van der Waals surface area contributed by atoms with Crippen LogP contribution < -0.4 is 5.32 Å². The molecule has 1 amide bonds. The van der Waals surface area contributed by atoms with Gasteiger partial charge < -0.3 is 19.9 Å². The lowest BCUT2D eigenvalue weighted by atomic mass is 9.93. The molecule has 39 heavy (non-hydrogen) atoms. The molecule has 1 aliphatic heterocycles. The summed E-state index contributed by atoms with van der Waals surface area (Å²) in [7, 11) is 0. The van der Waals surface area contributed by atoms with Gasteiger partial charge in [0.05, 0.1) is 25.4 Å². The third-order valence-corrected chi connectivity index (χ3v) is 7.80. The SMILES string of the molecule is CSCC[C@H](NC(=O)c1ccc(COCC2CCC(c3ccc(Cl)cc3)O2)cc1-c1ccccc1C)C(=O)O. The first-order valence-electron chi connectivity index (χ1n) is 13.1. The summed E-state index contributed by atoms with van der Waals surface area (Å²) in [6.07, 6.45) is 4.19. The van der Waals surface area contributed by atoms with Crippen molar-refractivity contribution in [2.24, 2.45) is 0 Å². The maximum atomic E-state index is 13.3. The number of carbonyl (C=O) groups excluding carboxylic acids is 1. The van der Waals surface area contributed by atoms with E-state index in [1.54, 1.807) is 17.8 Å². The Hall–Kier alpha value is -2.84. The van der Waals surface area contributed by atoms with E-state index < -0.39 is 17.9 Å². The third kappa shape index (κ3) is 7.85. The minimum atomic E-state index is -1.03. The Morgan fingerprint density at radius 3 is 2.59 bits per heavy atom. The Morgan fingerprint density at radius 1 is 1.10 bits per heavy atom. The van der Waals surface area contributed by atoms with E-state index in [1.807, 2.05) is 73.8 Å². The molecule has 1 saturated heterocycles. The van der Waals surface area contributed by atoms with E-state index in [0.29, 0.717) is 36.0 Å². The van der Waals surface area contributed by atoms with Crippen molar-refractivity contribution in [1.82, 2.24) is 5.32 Å². The zero-order valence-corrected chi connectivity index (χ0v) is 23.8. The molecule has 0 radical (unpaired) electrons. The maximum absolute atomic E-state index is 13.3. The van der Waals surface area contributed by atoms with E-state index in [2.05, 4.69) is 5.32 Å². The number of amides is 1. The summed E-state index contributed by atoms with van der Waals surface area (Å²) in [6, 6.07) is 20.2. The van der Waals surface area contributed by atoms with Gasteiger partial charge in [0.2, 0.25) is 0 Å². The number of hydrogen-bond acceptors (Lipinski definition) is 5. The largest absolute Gasteiger partial charge is 0.480 e. The summed E-state index contributed by atoms with van der Waals surface area (Å²) in [5, 5.41) is 13.0. The number of thioether (sulfide) groups is 1. The quantitative estimate of drug-likeness (QED) is 0.254. The molecule has 0 spiro atoms. The standard InChI is InChI=1S/C31H34ClNO5S/c1-20-5-3-4-6-25(20)27-17-21(7-13-26(27)30(34)33-28(31(35)36)15-16-39-2)18-37-19-24-12-14-29(38-24)22-8-10-23(32)11-9-22/h3-11,13,17,24,28-29H,12,14-16,18-19H2,1-2H3,(H,33,34)(H,35,36)/t24?,28-,29?/m0/s1. The normalized spacial score (nSPS) is 17.6. The van der Waals surface area contributed by atoms with E-state index in [9.17, 15) is 14.7 Å². The number of carboxylic acid groups (broad SMARTS) is 1. The maximum Gasteiger partial charge on any atom is 0.326 e. The van der Waals surface area contributed by atoms with Crippen LogP contribution in [0.25, 0.3) is 11.1 Å². The highest BCUT2D eigenvalue weighted by molar-refractivity contribution is 7.98. The van der Waals surface area contributed by atoms with E-state index in [0.717, 1.165) is 40.7 Å². The second-order valence-electron chi connectivity index (χ2n) is 9.73. The van der Waals surface area contributed by atoms with Gasteiger partial charge in [0, 0.05) is 10.6 Å². The number of aryl methyl sites for hydroxylation is 1. The van der Waals surface area contributed by atoms with Crippen molar-refractivity contribution in [3.63, 3.8) is 0 Å². The van der Waals surface area contributed by atoms with Gasteiger partial charge in [-0.3, -0.25) is 4.79 Å². The fourth-order valence-corrected chi connectivity index (χ4v) is 5.36. The first kappa shape index (κ1) is 29.2. The fourth-order valence-electron chi connectivity index (χ4n) is 4.77. The van der Waals surface area contributed by atoms with Crippen LogP contribution in [0.4, 0.5) is 0 Å². The van der Waals surface area contributed by atoms with Gasteiger partial charge in [0.15, 0.2) is 0 Å². The summed E-state index contributed by atoms with van der Waals surface area (Å²) in [6.45, 7) is 2.84. The average Bonchev–Trinajstić information content (AvgIpc) is 3.40. The molecule has 2 unspecified atom stereocenters. The predicted octanol–water partition coefficient (Wildman–Crippen LogP) is 6.69. The van der Waals surface area contributed by atoms with E-state index in [1.165, 1.54) is 0 Å². The number of nitrogens with one attached hydrogen (secondary N) is 1. The Bertz CT molecular complexity index is 1280. The van der Waals surface area contributed by atoms with Crippen molar-refractivity contribution >= 4 is 35.2 Å². The van der Waals surface area contributed by atoms with Crippen LogP contribution in [0.3, 0.4) is 0 Å². The lowest BCUT2D eigenvalue weighted by molar-refractivity contribution is -0.139. The lowest BCUT2D eigenvalue weighted by Gasteiger charge is -2.18. The second-order valence-corrected chi connectivity index (χ2v) is 11.2. The third-order valence-electron chi connectivity index (χ3n) is 6.90. The molecule has 3 aromatic carbocycles. The fraction of sp³-hybridized carbons (Fsp3) is 0.355. The first-order valence-corrected chi connectivity index (χ1v) is 14.8. The Labute approximate surface area is 239 Å². The van der Waals surface area contributed by atoms with Crippen molar-refractivity contribution in [2.75, 3.05) is 18.6 Å². The van der Waals surface area contributed by atoms with Crippen LogP contribution >= 0.6 is 23.4 Å². The molecule has 1 aliphatic rings. The van der Waals surface area contributed by atoms with Crippen molar-refractivity contribution < 1.29 is 24.2 Å². The van der Waals surface area contributed by atoms with E-state index in [-0.39, 0.29) is 12.2 Å². The van der Waals surface area contributed by atoms with Crippen LogP contribution in [0.1, 0.15) is 52.4 Å². The highest BCUT2D eigenvalue weighted by Gasteiger charge is 2.27. The van der Waals surface area contributed by atoms with Gasteiger partial charge in [-0.05, 0) is 90.3 Å². The van der Waals surface area contributed by atoms with Gasteiger partial charge in [-0.15, -0.1) is 0 Å². The number of benzene rings is 3. The molecule has 4 rings (SSSR count). The van der Waals surface area contributed by atoms with E-state index in [4.69, 9.17) is 21.1 Å². The molecule has 206 valence electrons. The molecule has 0 saturated carbocycles. The molecule has 0 aromatic heterocycles. The summed E-state index contributed by atoms with van der Waals surface area (Å²) < 4.78 is 12.2. The van der Waals surface area contributed by atoms with Crippen LogP contribution in [0, 0.1) is 6.92 Å². The molecule has 1 fully saturated rings. The topological polar surface area (TPSA) is 84.9 Å². The number of ether oxygens (including phenoxy) is 2. The monoisotopic (exact) mass is 567 g/mol. The van der Waals surface area contributed by atoms with Gasteiger partial charge in [-0.2, -0.15) is 11.8 Å². The first-order chi connectivity index (χ1) is 18.9. The highest BCUT2D eigenvalue weighted by atomic mass is 35.5. The Kier molecular flexibility index (Phi) is 10.5. The number of halogens is 1. The van der Waals surface area contributed by atoms with Crippen molar-refractivity contribution in [2.45, 2.75) is 51.0 Å². The Morgan fingerprint density at radius 2 is 1.87 bits per heavy atom. The lowest BCUT2D eigenvalue weighted by Crippen LogP contribution is -2.41. The molecular weight excluding hydrogens is 534 g/mol. The minimum Gasteiger partial charge on any atom is -0.480 e. The number of aliphatic carboxylic acids is 1. The van der Waals surface area contributed by atoms with Crippen LogP contribution in [0.5, 0.6) is 0 Å². The van der Waals surface area contributed by atoms with Gasteiger partial charge in [0.1, 0.15) is 6.04 Å². The van der Waals surface area contributed by atoms with Crippen molar-refractivity contribution in [3.8, 4) is 11.1 Å². The molecule has 3 aromatic rings. The van der Waals surface area contributed by atoms with Crippen molar-refractivity contribution in [1.29, 1.82) is 0 Å². The van der Waals surface area contributed by atoms with Gasteiger partial charge >= 0.3 is 5.97 Å². The van der Waals surface area contributed by atoms with Gasteiger partial charge in [-0.1, -0.05) is 54.1 Å². The minimum absolute atomic E-state index is 0.0146. The van der Waals surface area contributed by atoms with E-state index >= 15 is 0 Å². The summed E-state index contributed by atoms with van der Waals surface area (Å²) in [4.78, 5) is 25.0. The van der Waals surface area contributed by atoms with Crippen LogP contribution in [0.15, 0.2) is 66.7 Å². The predicted molar refractivity (Wildman–Crippen MR) is 156 cm³/mol. The van der Waals surface area contributed by atoms with Gasteiger partial charge in [-0.25, -0.2) is 4.79 Å². The number of carbonyl (C=O) groups is 2. The molecule has 0 bridgehead atoms. The van der Waals surface area contributed by atoms with Gasteiger partial charge in [0.25, 0.3) is 5.91 Å². The number of carboxylic acids is 1. The van der Waals surface area contributed by atoms with Crippen LogP contribution in [-0.2, 0) is 20.9 Å². The van der Waals surface area contributed by atoms with Crippen molar-refractivity contribution in [3.05, 3.63) is 94.0 Å². The number of hydrogen-bond donors (Lipinski definition) is 2. The molecular formula is C31H34ClNO5S. The molecule has 3 atom stereocenters. The summed E-state index contributed by atoms with van der Waals surface area (Å²) in [5.74, 6) is -0.794.